The zero-order chi connectivity index (χ0) is 16.8. The van der Waals surface area contributed by atoms with Crippen LogP contribution >= 0.6 is 12.4 Å². The van der Waals surface area contributed by atoms with Crippen LogP contribution in [-0.2, 0) is 14.8 Å². The molecule has 1 rings (SSSR count). The van der Waals surface area contributed by atoms with E-state index in [-0.39, 0.29) is 54.4 Å². The number of nitrogens with zero attached hydrogens (tertiary/aromatic N) is 1. The number of nitro groups is 1. The van der Waals surface area contributed by atoms with Crippen molar-refractivity contribution >= 4 is 34.0 Å². The van der Waals surface area contributed by atoms with E-state index in [1.807, 2.05) is 0 Å². The number of nitro benzene ring substituents is 1. The molecule has 130 valence electrons. The number of non-ortho nitro benzene ring substituents is 1. The molecule has 4 N–H and O–H groups in total. The minimum atomic E-state index is -3.87. The minimum absolute atomic E-state index is 0. The highest BCUT2D eigenvalue weighted by Crippen LogP contribution is 2.16. The molecule has 9 nitrogen and oxygen atoms in total. The summed E-state index contributed by atoms with van der Waals surface area (Å²) in [6.45, 7) is 1.92. The lowest BCUT2D eigenvalue weighted by Gasteiger charge is -2.10. The standard InChI is InChI=1S/C12H18N4O5S.ClH/c1-9(8-13)12(17)14-5-6-15-22(20,21)11-4-2-3-10(7-11)16(18)19;/h2-4,7,9,15H,5-6,8,13H2,1H3,(H,14,17);1H. The number of benzene rings is 1. The van der Waals surface area contributed by atoms with Gasteiger partial charge in [-0.25, -0.2) is 13.1 Å². The first-order valence-corrected chi connectivity index (χ1v) is 7.98. The third-order valence-corrected chi connectivity index (χ3v) is 4.31. The highest BCUT2D eigenvalue weighted by atomic mass is 35.5. The van der Waals surface area contributed by atoms with Crippen LogP contribution in [0, 0.1) is 16.0 Å². The van der Waals surface area contributed by atoms with Crippen molar-refractivity contribution in [1.82, 2.24) is 10.0 Å². The highest BCUT2D eigenvalue weighted by Gasteiger charge is 2.17. The Morgan fingerprint density at radius 3 is 2.61 bits per heavy atom. The Morgan fingerprint density at radius 2 is 2.04 bits per heavy atom. The molecule has 1 unspecified atom stereocenters. The molecule has 1 aromatic rings. The number of rotatable bonds is 8. The highest BCUT2D eigenvalue weighted by molar-refractivity contribution is 7.89. The maximum absolute atomic E-state index is 12.0. The number of hydrogen-bond donors (Lipinski definition) is 3. The van der Waals surface area contributed by atoms with Crippen molar-refractivity contribution in [2.24, 2.45) is 11.7 Å². The third kappa shape index (κ3) is 6.48. The van der Waals surface area contributed by atoms with Crippen molar-refractivity contribution in [3.05, 3.63) is 34.4 Å². The maximum atomic E-state index is 12.0. The molecule has 0 fully saturated rings. The summed E-state index contributed by atoms with van der Waals surface area (Å²) in [6.07, 6.45) is 0. The van der Waals surface area contributed by atoms with Gasteiger partial charge in [0.25, 0.3) is 5.69 Å². The van der Waals surface area contributed by atoms with Gasteiger partial charge in [-0.2, -0.15) is 0 Å². The molecule has 0 spiro atoms. The SMILES string of the molecule is CC(CN)C(=O)NCCNS(=O)(=O)c1cccc([N+](=O)[O-])c1.Cl. The van der Waals surface area contributed by atoms with Crippen molar-refractivity contribution < 1.29 is 18.1 Å². The van der Waals surface area contributed by atoms with Crippen molar-refractivity contribution in [2.75, 3.05) is 19.6 Å². The molecule has 0 radical (unpaired) electrons. The average Bonchev–Trinajstić information content (AvgIpc) is 2.50. The number of carbonyl (C=O) groups excluding carboxylic acids is 1. The van der Waals surface area contributed by atoms with Crippen LogP contribution in [0.1, 0.15) is 6.92 Å². The van der Waals surface area contributed by atoms with Crippen molar-refractivity contribution in [3.63, 3.8) is 0 Å². The summed E-state index contributed by atoms with van der Waals surface area (Å²) in [5.41, 5.74) is 5.02. The lowest BCUT2D eigenvalue weighted by atomic mass is 10.2. The van der Waals surface area contributed by atoms with Gasteiger partial charge in [-0.15, -0.1) is 12.4 Å². The fourth-order valence-corrected chi connectivity index (χ4v) is 2.57. The van der Waals surface area contributed by atoms with Gasteiger partial charge in [-0.1, -0.05) is 13.0 Å². The second kappa shape index (κ2) is 9.40. The number of nitrogens with two attached hydrogens (primary N) is 1. The van der Waals surface area contributed by atoms with Crippen LogP contribution < -0.4 is 15.8 Å². The van der Waals surface area contributed by atoms with E-state index in [9.17, 15) is 23.3 Å². The Labute approximate surface area is 140 Å². The fourth-order valence-electron chi connectivity index (χ4n) is 1.50. The van der Waals surface area contributed by atoms with Gasteiger partial charge in [-0.3, -0.25) is 14.9 Å². The van der Waals surface area contributed by atoms with Gasteiger partial charge >= 0.3 is 0 Å². The Balaban J connectivity index is 0.00000484. The summed E-state index contributed by atoms with van der Waals surface area (Å²) in [4.78, 5) is 21.2. The Kier molecular flexibility index (Phi) is 8.69. The molecule has 0 aromatic heterocycles. The molecule has 1 aromatic carbocycles. The van der Waals surface area contributed by atoms with Crippen molar-refractivity contribution in [2.45, 2.75) is 11.8 Å². The van der Waals surface area contributed by atoms with E-state index in [1.54, 1.807) is 6.92 Å². The molecule has 0 aliphatic heterocycles. The van der Waals surface area contributed by atoms with Crippen LogP contribution in [0.5, 0.6) is 0 Å². The molecule has 23 heavy (non-hydrogen) atoms. The van der Waals surface area contributed by atoms with Crippen LogP contribution in [0.15, 0.2) is 29.2 Å². The van der Waals surface area contributed by atoms with Crippen molar-refractivity contribution in [3.8, 4) is 0 Å². The summed E-state index contributed by atoms with van der Waals surface area (Å²) in [5, 5.41) is 13.2. The molecule has 0 aliphatic carbocycles. The summed E-state index contributed by atoms with van der Waals surface area (Å²) in [7, 11) is -3.87. The van der Waals surface area contributed by atoms with Gasteiger partial charge in [0.15, 0.2) is 0 Å². The van der Waals surface area contributed by atoms with E-state index >= 15 is 0 Å². The molecule has 0 heterocycles. The summed E-state index contributed by atoms with van der Waals surface area (Å²) in [6, 6.07) is 4.71. The second-order valence-electron chi connectivity index (χ2n) is 4.58. The smallest absolute Gasteiger partial charge is 0.270 e. The fraction of sp³-hybridized carbons (Fsp3) is 0.417. The van der Waals surface area contributed by atoms with E-state index in [0.29, 0.717) is 0 Å². The van der Waals surface area contributed by atoms with Gasteiger partial charge in [0.2, 0.25) is 15.9 Å². The average molecular weight is 367 g/mol. The number of nitrogens with one attached hydrogen (secondary N) is 2. The van der Waals surface area contributed by atoms with Gasteiger partial charge in [0, 0.05) is 37.7 Å². The lowest BCUT2D eigenvalue weighted by Crippen LogP contribution is -2.38. The lowest BCUT2D eigenvalue weighted by molar-refractivity contribution is -0.385. The molecular weight excluding hydrogens is 348 g/mol. The minimum Gasteiger partial charge on any atom is -0.355 e. The molecular formula is C12H19ClN4O5S. The zero-order valence-electron chi connectivity index (χ0n) is 12.4. The van der Waals surface area contributed by atoms with E-state index in [0.717, 1.165) is 6.07 Å². The van der Waals surface area contributed by atoms with Crippen LogP contribution in [-0.4, -0.2) is 38.9 Å². The van der Waals surface area contributed by atoms with E-state index in [2.05, 4.69) is 10.0 Å². The molecule has 0 saturated heterocycles. The number of halogens is 1. The summed E-state index contributed by atoms with van der Waals surface area (Å²) >= 11 is 0. The maximum Gasteiger partial charge on any atom is 0.270 e. The van der Waals surface area contributed by atoms with Gasteiger partial charge in [0.1, 0.15) is 0 Å². The first-order valence-electron chi connectivity index (χ1n) is 6.50. The topological polar surface area (TPSA) is 144 Å². The van der Waals surface area contributed by atoms with Crippen LogP contribution in [0.4, 0.5) is 5.69 Å². The predicted octanol–water partition coefficient (Wildman–Crippen LogP) is 0.00590. The monoisotopic (exact) mass is 366 g/mol. The predicted molar refractivity (Wildman–Crippen MR) is 86.8 cm³/mol. The molecule has 0 saturated carbocycles. The third-order valence-electron chi connectivity index (χ3n) is 2.86. The quantitative estimate of drug-likeness (QED) is 0.335. The first-order chi connectivity index (χ1) is 10.3. The molecule has 1 atom stereocenters. The van der Waals surface area contributed by atoms with Gasteiger partial charge in [-0.05, 0) is 6.07 Å². The van der Waals surface area contributed by atoms with Gasteiger partial charge in [0.05, 0.1) is 9.82 Å². The molecule has 1 amide bonds. The van der Waals surface area contributed by atoms with E-state index in [4.69, 9.17) is 5.73 Å². The number of amides is 1. The van der Waals surface area contributed by atoms with Crippen LogP contribution in [0.2, 0.25) is 0 Å². The molecule has 0 bridgehead atoms. The van der Waals surface area contributed by atoms with Crippen LogP contribution in [0.25, 0.3) is 0 Å². The van der Waals surface area contributed by atoms with E-state index in [1.165, 1.54) is 18.2 Å². The molecule has 0 aliphatic rings. The van der Waals surface area contributed by atoms with Gasteiger partial charge < -0.3 is 11.1 Å². The number of sulfonamides is 1. The van der Waals surface area contributed by atoms with Crippen molar-refractivity contribution in [1.29, 1.82) is 0 Å². The second-order valence-corrected chi connectivity index (χ2v) is 6.35. The van der Waals surface area contributed by atoms with Crippen LogP contribution in [0.3, 0.4) is 0 Å². The molecule has 11 heteroatoms. The number of carbonyl (C=O) groups is 1. The number of hydrogen-bond acceptors (Lipinski definition) is 6. The van der Waals surface area contributed by atoms with E-state index < -0.39 is 14.9 Å². The largest absolute Gasteiger partial charge is 0.355 e. The zero-order valence-corrected chi connectivity index (χ0v) is 14.0. The summed E-state index contributed by atoms with van der Waals surface area (Å²) in [5.74, 6) is -0.620. The normalized spacial score (nSPS) is 12.1. The first kappa shape index (κ1) is 21.2. The Hall–Kier alpha value is -1.75. The Morgan fingerprint density at radius 1 is 1.39 bits per heavy atom. The Bertz CT molecular complexity index is 653. The summed E-state index contributed by atoms with van der Waals surface area (Å²) < 4.78 is 26.2.